The van der Waals surface area contributed by atoms with E-state index in [1.165, 1.54) is 15.2 Å². The Morgan fingerprint density at radius 3 is 3.00 bits per heavy atom. The molecule has 2 aromatic rings. The molecular formula is C6H3AgN4O2. The van der Waals surface area contributed by atoms with Crippen LogP contribution in [0.4, 0.5) is 5.69 Å². The Hall–Kier alpha value is -1.24. The second-order valence-electron chi connectivity index (χ2n) is 2.35. The average molecular weight is 271 g/mol. The second kappa shape index (κ2) is 2.91. The summed E-state index contributed by atoms with van der Waals surface area (Å²) in [5.74, 6) is 0. The first-order chi connectivity index (χ1) is 6.18. The third kappa shape index (κ3) is 1.35. The maximum atomic E-state index is 10.4. The summed E-state index contributed by atoms with van der Waals surface area (Å²) in [6.07, 6.45) is 0. The van der Waals surface area contributed by atoms with Crippen LogP contribution in [0.25, 0.3) is 11.0 Å². The van der Waals surface area contributed by atoms with Crippen molar-refractivity contribution in [2.75, 3.05) is 0 Å². The molecule has 6 nitrogen and oxygen atoms in total. The van der Waals surface area contributed by atoms with Gasteiger partial charge in [-0.15, -0.1) is 0 Å². The van der Waals surface area contributed by atoms with Gasteiger partial charge in [0.05, 0.1) is 0 Å². The normalized spacial score (nSPS) is 10.6. The van der Waals surface area contributed by atoms with Crippen LogP contribution in [0.5, 0.6) is 0 Å². The molecule has 2 rings (SSSR count). The average Bonchev–Trinajstić information content (AvgIpc) is 2.47. The number of benzene rings is 1. The molecule has 1 aromatic carbocycles. The molecule has 0 amide bonds. The summed E-state index contributed by atoms with van der Waals surface area (Å²) in [5.41, 5.74) is 1.20. The van der Waals surface area contributed by atoms with Crippen molar-refractivity contribution >= 4 is 16.7 Å². The van der Waals surface area contributed by atoms with E-state index in [-0.39, 0.29) is 5.69 Å². The summed E-state index contributed by atoms with van der Waals surface area (Å²) in [6, 6.07) is 4.37. The molecule has 0 radical (unpaired) electrons. The van der Waals surface area contributed by atoms with Crippen LogP contribution < -0.4 is 0 Å². The van der Waals surface area contributed by atoms with Gasteiger partial charge in [0.15, 0.2) is 0 Å². The number of fused-ring (bicyclic) bond motifs is 1. The van der Waals surface area contributed by atoms with Gasteiger partial charge < -0.3 is 0 Å². The predicted molar refractivity (Wildman–Crippen MR) is 39.6 cm³/mol. The topological polar surface area (TPSA) is 73.8 Å². The number of nitro groups is 1. The van der Waals surface area contributed by atoms with E-state index in [9.17, 15) is 10.1 Å². The number of nitrogens with zero attached hydrogens (tertiary/aromatic N) is 4. The van der Waals surface area contributed by atoms with E-state index >= 15 is 0 Å². The molecule has 0 unspecified atom stereocenters. The summed E-state index contributed by atoms with van der Waals surface area (Å²) >= 11 is 3.12. The van der Waals surface area contributed by atoms with E-state index in [1.54, 1.807) is 6.07 Å². The Balaban J connectivity index is 2.70. The first-order valence-electron chi connectivity index (χ1n) is 3.31. The Kier molecular flexibility index (Phi) is 1.87. The zero-order chi connectivity index (χ0) is 9.42. The monoisotopic (exact) mass is 270 g/mol. The van der Waals surface area contributed by atoms with E-state index in [0.717, 1.165) is 0 Å². The van der Waals surface area contributed by atoms with Crippen LogP contribution in [0, 0.1) is 10.1 Å². The molecule has 0 spiro atoms. The fourth-order valence-electron chi connectivity index (χ4n) is 0.979. The van der Waals surface area contributed by atoms with Gasteiger partial charge in [0, 0.05) is 0 Å². The minimum absolute atomic E-state index is 0.0141. The molecule has 0 bridgehead atoms. The number of non-ortho nitro benzene ring substituents is 1. The number of hydrogen-bond donors (Lipinski definition) is 0. The molecule has 7 heteroatoms. The van der Waals surface area contributed by atoms with Gasteiger partial charge in [-0.3, -0.25) is 0 Å². The first-order valence-corrected chi connectivity index (χ1v) is 3.97. The van der Waals surface area contributed by atoms with Crippen LogP contribution in [0.1, 0.15) is 0 Å². The van der Waals surface area contributed by atoms with E-state index in [4.69, 9.17) is 0 Å². The number of hydrogen-bond acceptors (Lipinski definition) is 4. The van der Waals surface area contributed by atoms with Crippen molar-refractivity contribution in [3.05, 3.63) is 28.3 Å². The van der Waals surface area contributed by atoms with Gasteiger partial charge in [0.1, 0.15) is 0 Å². The first kappa shape index (κ1) is 8.36. The van der Waals surface area contributed by atoms with Crippen molar-refractivity contribution in [1.82, 2.24) is 13.4 Å². The molecule has 1 heterocycles. The summed E-state index contributed by atoms with van der Waals surface area (Å²) in [6.45, 7) is 0. The van der Waals surface area contributed by atoms with Crippen molar-refractivity contribution in [2.45, 2.75) is 0 Å². The molecule has 0 aliphatic rings. The van der Waals surface area contributed by atoms with Gasteiger partial charge in [0.25, 0.3) is 0 Å². The summed E-state index contributed by atoms with van der Waals surface area (Å²) in [4.78, 5) is 9.92. The van der Waals surface area contributed by atoms with Crippen LogP contribution in [-0.4, -0.2) is 18.3 Å². The van der Waals surface area contributed by atoms with Gasteiger partial charge in [-0.1, -0.05) is 0 Å². The van der Waals surface area contributed by atoms with Gasteiger partial charge >= 0.3 is 84.7 Å². The van der Waals surface area contributed by atoms with Crippen LogP contribution >= 0.6 is 0 Å². The van der Waals surface area contributed by atoms with Crippen molar-refractivity contribution in [1.29, 1.82) is 0 Å². The van der Waals surface area contributed by atoms with Gasteiger partial charge in [0.2, 0.25) is 0 Å². The molecule has 0 aliphatic carbocycles. The molecule has 0 fully saturated rings. The van der Waals surface area contributed by atoms with Gasteiger partial charge in [-0.2, -0.15) is 0 Å². The van der Waals surface area contributed by atoms with Crippen LogP contribution in [0.3, 0.4) is 0 Å². The van der Waals surface area contributed by atoms with Crippen LogP contribution in [0.2, 0.25) is 0 Å². The minimum atomic E-state index is -0.466. The summed E-state index contributed by atoms with van der Waals surface area (Å²) < 4.78 is 1.38. The molecule has 1 aromatic heterocycles. The second-order valence-corrected chi connectivity index (χ2v) is 2.98. The van der Waals surface area contributed by atoms with Crippen molar-refractivity contribution in [3.8, 4) is 0 Å². The fourth-order valence-corrected chi connectivity index (χ4v) is 1.33. The third-order valence-corrected chi connectivity index (χ3v) is 2.06. The molecule has 0 atom stereocenters. The standard InChI is InChI=1S/C6H3N4O2.Ag/c11-10(12)4-1-2-5-6(3-4)8-9-7-5;/h1-3H;/q-1;+1. The van der Waals surface area contributed by atoms with Gasteiger partial charge in [-0.05, 0) is 0 Å². The Morgan fingerprint density at radius 2 is 2.31 bits per heavy atom. The summed E-state index contributed by atoms with van der Waals surface area (Å²) in [7, 11) is 0. The van der Waals surface area contributed by atoms with Crippen molar-refractivity contribution in [3.63, 3.8) is 0 Å². The molecular weight excluding hydrogens is 268 g/mol. The van der Waals surface area contributed by atoms with Crippen LogP contribution in [0.15, 0.2) is 18.2 Å². The number of aromatic nitrogens is 3. The fraction of sp³-hybridized carbons (Fsp3) is 0. The molecule has 0 saturated carbocycles. The molecule has 0 aliphatic heterocycles. The zero-order valence-corrected chi connectivity index (χ0v) is 7.62. The Morgan fingerprint density at radius 1 is 1.54 bits per heavy atom. The van der Waals surface area contributed by atoms with Crippen molar-refractivity contribution in [2.24, 2.45) is 0 Å². The van der Waals surface area contributed by atoms with Gasteiger partial charge in [-0.25, -0.2) is 0 Å². The SMILES string of the molecule is O=[N+]([O-])c1ccc2c(c1)nn[n]2[Ag]. The molecule has 0 saturated heterocycles. The third-order valence-electron chi connectivity index (χ3n) is 1.57. The van der Waals surface area contributed by atoms with E-state index in [1.807, 2.05) is 0 Å². The van der Waals surface area contributed by atoms with E-state index < -0.39 is 4.92 Å². The maximum absolute atomic E-state index is 10.4. The zero-order valence-electron chi connectivity index (χ0n) is 6.14. The van der Waals surface area contributed by atoms with Crippen molar-refractivity contribution < 1.29 is 26.3 Å². The molecule has 0 N–H and O–H groups in total. The quantitative estimate of drug-likeness (QED) is 0.433. The van der Waals surface area contributed by atoms with Crippen LogP contribution in [-0.2, 0) is 21.3 Å². The summed E-state index contributed by atoms with van der Waals surface area (Å²) in [5, 5.41) is 17.8. The Labute approximate surface area is 84.9 Å². The molecule has 13 heavy (non-hydrogen) atoms. The molecule has 70 valence electrons. The Bertz CT molecular complexity index is 480. The predicted octanol–water partition coefficient (Wildman–Crippen LogP) is 0.649. The number of rotatable bonds is 1. The number of nitro benzene ring substituents is 1. The van der Waals surface area contributed by atoms with E-state index in [2.05, 4.69) is 31.6 Å². The van der Waals surface area contributed by atoms with E-state index in [0.29, 0.717) is 11.0 Å².